The van der Waals surface area contributed by atoms with E-state index in [1.165, 1.54) is 39.9 Å². The predicted octanol–water partition coefficient (Wildman–Crippen LogP) is 7.06. The number of nitrogens with zero attached hydrogens (tertiary/aromatic N) is 2. The molecule has 5 rings (SSSR count). The van der Waals surface area contributed by atoms with Crippen LogP contribution in [-0.4, -0.2) is 15.5 Å². The maximum absolute atomic E-state index is 14.5. The van der Waals surface area contributed by atoms with Crippen molar-refractivity contribution in [2.75, 3.05) is 5.32 Å². The van der Waals surface area contributed by atoms with Gasteiger partial charge < -0.3 is 14.8 Å². The van der Waals surface area contributed by atoms with E-state index in [1.807, 2.05) is 16.2 Å². The summed E-state index contributed by atoms with van der Waals surface area (Å²) in [5, 5.41) is 4.07. The molecule has 0 fully saturated rings. The molecule has 0 radical (unpaired) electrons. The van der Waals surface area contributed by atoms with Crippen molar-refractivity contribution < 1.29 is 9.18 Å². The second-order valence-electron chi connectivity index (χ2n) is 8.67. The lowest BCUT2D eigenvalue weighted by atomic mass is 9.94. The van der Waals surface area contributed by atoms with E-state index in [0.717, 1.165) is 18.5 Å². The van der Waals surface area contributed by atoms with Crippen molar-refractivity contribution in [3.63, 3.8) is 0 Å². The molecule has 3 aromatic rings. The van der Waals surface area contributed by atoms with E-state index in [4.69, 9.17) is 0 Å². The van der Waals surface area contributed by atoms with E-state index in [9.17, 15) is 9.18 Å². The fourth-order valence-corrected chi connectivity index (χ4v) is 6.64. The van der Waals surface area contributed by atoms with E-state index in [0.29, 0.717) is 11.0 Å². The van der Waals surface area contributed by atoms with E-state index in [-0.39, 0.29) is 23.7 Å². The number of thiophene rings is 1. The molecule has 0 saturated heterocycles. The fourth-order valence-electron chi connectivity index (χ4n) is 4.90. The highest BCUT2D eigenvalue weighted by atomic mass is 79.9. The zero-order chi connectivity index (χ0) is 21.7. The number of anilines is 1. The molecule has 1 aliphatic heterocycles. The SMILES string of the molecule is CC(C)[C@@H]1c2cccn2-c2sc3c(c2CN1C(=O)Nc1ccc(Br)cc1F)CCCC3. The third-order valence-electron chi connectivity index (χ3n) is 6.29. The summed E-state index contributed by atoms with van der Waals surface area (Å²) in [6.45, 7) is 4.81. The molecule has 4 nitrogen and oxygen atoms in total. The Balaban J connectivity index is 1.59. The molecule has 1 aliphatic carbocycles. The van der Waals surface area contributed by atoms with Gasteiger partial charge in [-0.25, -0.2) is 9.18 Å². The van der Waals surface area contributed by atoms with Gasteiger partial charge in [-0.3, -0.25) is 0 Å². The Morgan fingerprint density at radius 3 is 2.81 bits per heavy atom. The number of urea groups is 1. The lowest BCUT2D eigenvalue weighted by molar-refractivity contribution is 0.161. The molecule has 2 aliphatic rings. The third-order valence-corrected chi connectivity index (χ3v) is 8.12. The van der Waals surface area contributed by atoms with Crippen molar-refractivity contribution in [1.82, 2.24) is 9.47 Å². The van der Waals surface area contributed by atoms with Gasteiger partial charge in [-0.1, -0.05) is 29.8 Å². The van der Waals surface area contributed by atoms with Gasteiger partial charge in [0.15, 0.2) is 0 Å². The summed E-state index contributed by atoms with van der Waals surface area (Å²) in [6, 6.07) is 8.50. The summed E-state index contributed by atoms with van der Waals surface area (Å²) in [6.07, 6.45) is 6.72. The van der Waals surface area contributed by atoms with Gasteiger partial charge >= 0.3 is 6.03 Å². The molecule has 3 heterocycles. The van der Waals surface area contributed by atoms with Gasteiger partial charge in [0.05, 0.1) is 18.3 Å². The Morgan fingerprint density at radius 2 is 2.03 bits per heavy atom. The number of rotatable bonds is 2. The summed E-state index contributed by atoms with van der Waals surface area (Å²) in [7, 11) is 0. The summed E-state index contributed by atoms with van der Waals surface area (Å²) in [5.74, 6) is -0.241. The molecule has 1 atom stereocenters. The second-order valence-corrected chi connectivity index (χ2v) is 10.7. The molecular weight excluding hydrogens is 477 g/mol. The topological polar surface area (TPSA) is 37.3 Å². The Bertz CT molecular complexity index is 1150. The van der Waals surface area contributed by atoms with E-state index in [2.05, 4.69) is 58.0 Å². The Labute approximate surface area is 194 Å². The number of fused-ring (bicyclic) bond motifs is 5. The number of hydrogen-bond donors (Lipinski definition) is 1. The average Bonchev–Trinajstić information content (AvgIpc) is 3.31. The minimum atomic E-state index is -0.448. The molecule has 0 spiro atoms. The zero-order valence-corrected chi connectivity index (χ0v) is 20.0. The molecule has 162 valence electrons. The number of benzene rings is 1. The van der Waals surface area contributed by atoms with Crippen molar-refractivity contribution in [3.05, 3.63) is 68.5 Å². The summed E-state index contributed by atoms with van der Waals surface area (Å²) in [5.41, 5.74) is 3.98. The highest BCUT2D eigenvalue weighted by Crippen LogP contribution is 2.44. The Kier molecular flexibility index (Phi) is 5.42. The fraction of sp³-hybridized carbons (Fsp3) is 0.375. The summed E-state index contributed by atoms with van der Waals surface area (Å²) < 4.78 is 17.4. The first-order valence-electron chi connectivity index (χ1n) is 10.8. The van der Waals surface area contributed by atoms with Crippen molar-refractivity contribution in [1.29, 1.82) is 0 Å². The molecule has 2 amide bonds. The van der Waals surface area contributed by atoms with Crippen molar-refractivity contribution in [2.24, 2.45) is 5.92 Å². The van der Waals surface area contributed by atoms with Crippen molar-refractivity contribution >= 4 is 39.0 Å². The van der Waals surface area contributed by atoms with Crippen LogP contribution in [-0.2, 0) is 19.4 Å². The van der Waals surface area contributed by atoms with Crippen LogP contribution in [0.3, 0.4) is 0 Å². The molecule has 0 bridgehead atoms. The number of aryl methyl sites for hydroxylation is 1. The van der Waals surface area contributed by atoms with Gasteiger partial charge in [-0.15, -0.1) is 11.3 Å². The number of carbonyl (C=O) groups excluding carboxylic acids is 1. The highest BCUT2D eigenvalue weighted by Gasteiger charge is 2.36. The highest BCUT2D eigenvalue weighted by molar-refractivity contribution is 9.10. The number of nitrogens with one attached hydrogen (secondary N) is 1. The van der Waals surface area contributed by atoms with Crippen molar-refractivity contribution in [2.45, 2.75) is 52.1 Å². The van der Waals surface area contributed by atoms with Crippen LogP contribution in [0.4, 0.5) is 14.9 Å². The predicted molar refractivity (Wildman–Crippen MR) is 127 cm³/mol. The Hall–Kier alpha value is -2.12. The van der Waals surface area contributed by atoms with Gasteiger partial charge in [-0.2, -0.15) is 0 Å². The molecule has 7 heteroatoms. The van der Waals surface area contributed by atoms with Crippen LogP contribution in [0.25, 0.3) is 5.00 Å². The number of hydrogen-bond acceptors (Lipinski definition) is 2. The second kappa shape index (κ2) is 8.10. The minimum absolute atomic E-state index is 0.104. The standard InChI is InChI=1S/C24H25BrFN3OS/c1-14(2)22-20-7-5-11-28(20)23-17(16-6-3-4-8-21(16)31-23)13-29(22)24(30)27-19-10-9-15(25)12-18(19)26/h5,7,9-12,14,22H,3-4,6,8,13H2,1-2H3,(H,27,30)/t22-/m1/s1. The van der Waals surface area contributed by atoms with Gasteiger partial charge in [0.25, 0.3) is 0 Å². The summed E-state index contributed by atoms with van der Waals surface area (Å²) >= 11 is 5.15. The lowest BCUT2D eigenvalue weighted by Crippen LogP contribution is -2.39. The number of aromatic nitrogens is 1. The molecule has 1 N–H and O–H groups in total. The van der Waals surface area contributed by atoms with Crippen LogP contribution in [0.2, 0.25) is 0 Å². The normalized spacial score (nSPS) is 17.7. The van der Waals surface area contributed by atoms with Gasteiger partial charge in [-0.05, 0) is 67.5 Å². The third kappa shape index (κ3) is 3.61. The van der Waals surface area contributed by atoms with Gasteiger partial charge in [0.2, 0.25) is 0 Å². The smallest absolute Gasteiger partial charge is 0.311 e. The minimum Gasteiger partial charge on any atom is -0.311 e. The molecule has 2 aromatic heterocycles. The molecule has 1 aromatic carbocycles. The van der Waals surface area contributed by atoms with E-state index >= 15 is 0 Å². The van der Waals surface area contributed by atoms with Crippen LogP contribution >= 0.6 is 27.3 Å². The van der Waals surface area contributed by atoms with Gasteiger partial charge in [0, 0.05) is 26.8 Å². The van der Waals surface area contributed by atoms with E-state index < -0.39 is 5.82 Å². The largest absolute Gasteiger partial charge is 0.322 e. The monoisotopic (exact) mass is 501 g/mol. The van der Waals surface area contributed by atoms with Crippen LogP contribution in [0.15, 0.2) is 41.0 Å². The maximum Gasteiger partial charge on any atom is 0.322 e. The van der Waals surface area contributed by atoms with E-state index in [1.54, 1.807) is 12.1 Å². The molecular formula is C24H25BrFN3OS. The maximum atomic E-state index is 14.5. The van der Waals surface area contributed by atoms with Crippen LogP contribution in [0.5, 0.6) is 0 Å². The number of amides is 2. The lowest BCUT2D eigenvalue weighted by Gasteiger charge is -2.33. The quantitative estimate of drug-likeness (QED) is 0.400. The Morgan fingerprint density at radius 1 is 1.23 bits per heavy atom. The first-order valence-corrected chi connectivity index (χ1v) is 12.4. The summed E-state index contributed by atoms with van der Waals surface area (Å²) in [4.78, 5) is 16.9. The first kappa shape index (κ1) is 20.8. The van der Waals surface area contributed by atoms with Crippen LogP contribution in [0.1, 0.15) is 54.4 Å². The first-order chi connectivity index (χ1) is 14.9. The molecule has 0 saturated carbocycles. The van der Waals surface area contributed by atoms with Gasteiger partial charge in [0.1, 0.15) is 10.8 Å². The molecule has 31 heavy (non-hydrogen) atoms. The van der Waals surface area contributed by atoms with Crippen LogP contribution in [0, 0.1) is 11.7 Å². The zero-order valence-electron chi connectivity index (χ0n) is 17.6. The average molecular weight is 502 g/mol. The number of carbonyl (C=O) groups is 1. The van der Waals surface area contributed by atoms with Crippen LogP contribution < -0.4 is 5.32 Å². The number of halogens is 2. The molecule has 0 unspecified atom stereocenters. The van der Waals surface area contributed by atoms with Crippen molar-refractivity contribution in [3.8, 4) is 5.00 Å².